The van der Waals surface area contributed by atoms with Crippen LogP contribution >= 0.6 is 11.3 Å². The number of carbonyl (C=O) groups is 3. The Kier molecular flexibility index (Phi) is 6.63. The topological polar surface area (TPSA) is 108 Å². The molecule has 0 spiro atoms. The first-order chi connectivity index (χ1) is 14.0. The summed E-state index contributed by atoms with van der Waals surface area (Å²) in [6, 6.07) is 10.5. The van der Waals surface area contributed by atoms with Crippen LogP contribution in [0.3, 0.4) is 0 Å². The van der Waals surface area contributed by atoms with Crippen molar-refractivity contribution in [1.82, 2.24) is 10.2 Å². The van der Waals surface area contributed by atoms with Gasteiger partial charge in [0.25, 0.3) is 11.8 Å². The summed E-state index contributed by atoms with van der Waals surface area (Å²) in [6.45, 7) is 0.440. The van der Waals surface area contributed by atoms with E-state index in [9.17, 15) is 14.4 Å². The molecule has 0 saturated heterocycles. The summed E-state index contributed by atoms with van der Waals surface area (Å²) < 4.78 is 4.75. The minimum Gasteiger partial charge on any atom is -0.466 e. The minimum absolute atomic E-state index is 0.0671. The van der Waals surface area contributed by atoms with Crippen LogP contribution in [0.25, 0.3) is 0 Å². The minimum atomic E-state index is -0.606. The number of esters is 1. The van der Waals surface area contributed by atoms with Gasteiger partial charge in [-0.05, 0) is 35.7 Å². The second kappa shape index (κ2) is 9.35. The predicted octanol–water partition coefficient (Wildman–Crippen LogP) is 1.35. The number of β-amino-alcohol motifs (C(OH)–C–C–N with tert-alkyl or cyclic N) is 1. The van der Waals surface area contributed by atoms with Crippen molar-refractivity contribution in [3.05, 3.63) is 63.5 Å². The molecule has 8 nitrogen and oxygen atoms in total. The van der Waals surface area contributed by atoms with Crippen LogP contribution in [0, 0.1) is 0 Å². The lowest BCUT2D eigenvalue weighted by Crippen LogP contribution is -2.31. The van der Waals surface area contributed by atoms with Crippen LogP contribution in [0.15, 0.2) is 53.0 Å². The third-order valence-electron chi connectivity index (χ3n) is 4.37. The van der Waals surface area contributed by atoms with Crippen LogP contribution in [0.1, 0.15) is 15.2 Å². The number of nitrogens with one attached hydrogen (secondary N) is 2. The molecule has 1 aromatic carbocycles. The Bertz CT molecular complexity index is 922. The van der Waals surface area contributed by atoms with Gasteiger partial charge in [-0.15, -0.1) is 11.3 Å². The number of hydrogen-bond acceptors (Lipinski definition) is 7. The summed E-state index contributed by atoms with van der Waals surface area (Å²) in [4.78, 5) is 39.2. The summed E-state index contributed by atoms with van der Waals surface area (Å²) in [5.74, 6) is -1.20. The van der Waals surface area contributed by atoms with Gasteiger partial charge in [-0.2, -0.15) is 0 Å². The first-order valence-electron chi connectivity index (χ1n) is 8.92. The molecular formula is C20H21N3O5S. The monoisotopic (exact) mass is 415 g/mol. The van der Waals surface area contributed by atoms with Crippen molar-refractivity contribution < 1.29 is 24.2 Å². The van der Waals surface area contributed by atoms with Gasteiger partial charge in [0.2, 0.25) is 0 Å². The van der Waals surface area contributed by atoms with Gasteiger partial charge in [-0.3, -0.25) is 9.59 Å². The highest BCUT2D eigenvalue weighted by atomic mass is 32.1. The zero-order valence-corrected chi connectivity index (χ0v) is 16.6. The van der Waals surface area contributed by atoms with Gasteiger partial charge < -0.3 is 25.4 Å². The molecule has 0 saturated carbocycles. The molecule has 2 amide bonds. The lowest BCUT2D eigenvalue weighted by atomic mass is 10.1. The highest BCUT2D eigenvalue weighted by molar-refractivity contribution is 7.09. The third-order valence-corrected chi connectivity index (χ3v) is 5.25. The van der Waals surface area contributed by atoms with Crippen molar-refractivity contribution in [3.8, 4) is 0 Å². The van der Waals surface area contributed by atoms with E-state index in [1.54, 1.807) is 35.6 Å². The van der Waals surface area contributed by atoms with Crippen molar-refractivity contribution in [1.29, 1.82) is 0 Å². The van der Waals surface area contributed by atoms with Gasteiger partial charge in [0.15, 0.2) is 0 Å². The summed E-state index contributed by atoms with van der Waals surface area (Å²) in [7, 11) is 1.25. The Morgan fingerprint density at radius 3 is 2.62 bits per heavy atom. The van der Waals surface area contributed by atoms with Crippen molar-refractivity contribution in [2.24, 2.45) is 0 Å². The van der Waals surface area contributed by atoms with Gasteiger partial charge >= 0.3 is 5.97 Å². The number of amides is 2. The molecule has 0 atom stereocenters. The predicted molar refractivity (Wildman–Crippen MR) is 108 cm³/mol. The quantitative estimate of drug-likeness (QED) is 0.562. The lowest BCUT2D eigenvalue weighted by Gasteiger charge is -2.15. The molecule has 0 radical (unpaired) electrons. The van der Waals surface area contributed by atoms with Crippen LogP contribution in [0.4, 0.5) is 5.69 Å². The maximum Gasteiger partial charge on any atom is 0.337 e. The molecule has 2 aromatic rings. The fourth-order valence-electron chi connectivity index (χ4n) is 2.88. The number of aliphatic hydroxyl groups excluding tert-OH is 1. The standard InChI is InChI=1S/C20H21N3O5S/c1-28-20(27)16-12-23(8-9-24)19(26)17(16)22-14-6-4-13(5-7-14)18(25)21-11-15-3-2-10-29-15/h2-7,10,22,24H,8-9,11-12H2,1H3,(H,21,25). The third kappa shape index (κ3) is 4.82. The molecule has 3 N–H and O–H groups in total. The van der Waals surface area contributed by atoms with Crippen molar-refractivity contribution in [2.75, 3.05) is 32.1 Å². The molecule has 29 heavy (non-hydrogen) atoms. The summed E-state index contributed by atoms with van der Waals surface area (Å²) in [5, 5.41) is 16.8. The molecule has 0 bridgehead atoms. The van der Waals surface area contributed by atoms with Gasteiger partial charge in [-0.1, -0.05) is 6.07 Å². The van der Waals surface area contributed by atoms with Crippen molar-refractivity contribution >= 4 is 34.8 Å². The molecule has 9 heteroatoms. The molecule has 1 aromatic heterocycles. The molecule has 0 unspecified atom stereocenters. The van der Waals surface area contributed by atoms with E-state index in [4.69, 9.17) is 9.84 Å². The number of carbonyl (C=O) groups excluding carboxylic acids is 3. The maximum atomic E-state index is 12.5. The van der Waals surface area contributed by atoms with Crippen LogP contribution in [0.5, 0.6) is 0 Å². The van der Waals surface area contributed by atoms with E-state index in [2.05, 4.69) is 10.6 Å². The number of anilines is 1. The van der Waals surface area contributed by atoms with Gasteiger partial charge in [0, 0.05) is 22.7 Å². The fourth-order valence-corrected chi connectivity index (χ4v) is 3.53. The molecule has 0 fully saturated rings. The smallest absolute Gasteiger partial charge is 0.337 e. The Labute approximate surface area is 171 Å². The Morgan fingerprint density at radius 1 is 1.24 bits per heavy atom. The number of hydrogen-bond donors (Lipinski definition) is 3. The van der Waals surface area contributed by atoms with Crippen LogP contribution in [-0.4, -0.2) is 54.6 Å². The number of ether oxygens (including phenoxy) is 1. The van der Waals surface area contributed by atoms with E-state index in [0.29, 0.717) is 17.8 Å². The molecular weight excluding hydrogens is 394 g/mol. The lowest BCUT2D eigenvalue weighted by molar-refractivity contribution is -0.136. The fraction of sp³-hybridized carbons (Fsp3) is 0.250. The van der Waals surface area contributed by atoms with E-state index in [1.807, 2.05) is 17.5 Å². The van der Waals surface area contributed by atoms with Crippen LogP contribution in [-0.2, 0) is 20.9 Å². The van der Waals surface area contributed by atoms with E-state index in [1.165, 1.54) is 12.0 Å². The second-order valence-electron chi connectivity index (χ2n) is 6.26. The van der Waals surface area contributed by atoms with Gasteiger partial charge in [0.1, 0.15) is 5.70 Å². The number of nitrogens with zero attached hydrogens (tertiary/aromatic N) is 1. The average Bonchev–Trinajstić information content (AvgIpc) is 3.36. The van der Waals surface area contributed by atoms with Gasteiger partial charge in [0.05, 0.1) is 32.4 Å². The first kappa shape index (κ1) is 20.6. The number of benzene rings is 1. The van der Waals surface area contributed by atoms with E-state index in [0.717, 1.165) is 4.88 Å². The highest BCUT2D eigenvalue weighted by Crippen LogP contribution is 2.23. The van der Waals surface area contributed by atoms with Crippen LogP contribution in [0.2, 0.25) is 0 Å². The Morgan fingerprint density at radius 2 is 2.00 bits per heavy atom. The molecule has 1 aliphatic heterocycles. The zero-order valence-electron chi connectivity index (χ0n) is 15.8. The summed E-state index contributed by atoms with van der Waals surface area (Å²) >= 11 is 1.57. The van der Waals surface area contributed by atoms with E-state index < -0.39 is 11.9 Å². The van der Waals surface area contributed by atoms with Crippen LogP contribution < -0.4 is 10.6 Å². The zero-order chi connectivity index (χ0) is 20.8. The number of rotatable bonds is 8. The molecule has 2 heterocycles. The SMILES string of the molecule is COC(=O)C1=C(Nc2ccc(C(=O)NCc3cccs3)cc2)C(=O)N(CCO)C1. The average molecular weight is 415 g/mol. The summed E-state index contributed by atoms with van der Waals surface area (Å²) in [6.07, 6.45) is 0. The Balaban J connectivity index is 1.69. The first-order valence-corrected chi connectivity index (χ1v) is 9.80. The van der Waals surface area contributed by atoms with Crippen molar-refractivity contribution in [3.63, 3.8) is 0 Å². The number of aliphatic hydroxyl groups is 1. The van der Waals surface area contributed by atoms with Gasteiger partial charge in [-0.25, -0.2) is 4.79 Å². The largest absolute Gasteiger partial charge is 0.466 e. The van der Waals surface area contributed by atoms with E-state index in [-0.39, 0.29) is 36.9 Å². The molecule has 152 valence electrons. The second-order valence-corrected chi connectivity index (χ2v) is 7.29. The highest BCUT2D eigenvalue weighted by Gasteiger charge is 2.34. The number of methoxy groups -OCH3 is 1. The maximum absolute atomic E-state index is 12.5. The van der Waals surface area contributed by atoms with E-state index >= 15 is 0 Å². The molecule has 1 aliphatic rings. The summed E-state index contributed by atoms with van der Waals surface area (Å²) in [5.41, 5.74) is 1.34. The Hall–Kier alpha value is -3.17. The molecule has 0 aliphatic carbocycles. The number of thiophene rings is 1. The normalized spacial score (nSPS) is 13.6. The van der Waals surface area contributed by atoms with Crippen molar-refractivity contribution in [2.45, 2.75) is 6.54 Å². The molecule has 3 rings (SSSR count).